The first-order valence-corrected chi connectivity index (χ1v) is 45.4. The van der Waals surface area contributed by atoms with Gasteiger partial charge in [0, 0.05) is 27.7 Å². The third-order valence-corrected chi connectivity index (χ3v) is 23.2. The summed E-state index contributed by atoms with van der Waals surface area (Å²) >= 11 is 0. The van der Waals surface area contributed by atoms with Crippen LogP contribution in [0, 0.1) is 0 Å². The lowest BCUT2D eigenvalue weighted by molar-refractivity contribution is -0.383. The van der Waals surface area contributed by atoms with Gasteiger partial charge in [0.05, 0.1) is 63.3 Å². The van der Waals surface area contributed by atoms with Gasteiger partial charge in [-0.3, -0.25) is 19.2 Å². The van der Waals surface area contributed by atoms with Crippen LogP contribution in [0.25, 0.3) is 0 Å². The van der Waals surface area contributed by atoms with Crippen LogP contribution in [0.2, 0.25) is 0 Å². The normalized spacial score (nSPS) is 27.5. The number of hydrogen-bond acceptors (Lipinski definition) is 39. The Hall–Kier alpha value is -14.4. The number of fused-ring (bicyclic) bond motifs is 1. The first-order chi connectivity index (χ1) is 69.0. The summed E-state index contributed by atoms with van der Waals surface area (Å²) in [4.78, 5) is 188. The molecule has 39 nitrogen and oxygen atoms in total. The number of carbonyl (C=O) groups is 13. The fourth-order valence-corrected chi connectivity index (χ4v) is 16.6. The highest BCUT2D eigenvalue weighted by molar-refractivity contribution is 5.94. The van der Waals surface area contributed by atoms with E-state index in [9.17, 15) is 63.0 Å². The van der Waals surface area contributed by atoms with Gasteiger partial charge in [0.1, 0.15) is 80.9 Å². The molecule has 750 valence electrons. The number of hydrogen-bond donors (Lipinski definition) is 2. The lowest BCUT2D eigenvalue weighted by Gasteiger charge is -2.50. The molecule has 0 aliphatic carbocycles. The topological polar surface area (TPSA) is 484 Å². The van der Waals surface area contributed by atoms with Crippen LogP contribution in [0.1, 0.15) is 135 Å². The molecular weight excluding hydrogens is 1870 g/mol. The van der Waals surface area contributed by atoms with Crippen molar-refractivity contribution in [2.45, 2.75) is 201 Å². The van der Waals surface area contributed by atoms with E-state index in [4.69, 9.17) is 114 Å². The molecule has 2 N–H and O–H groups in total. The Morgan fingerprint density at radius 2 is 0.559 bits per heavy atom. The van der Waals surface area contributed by atoms with E-state index in [0.29, 0.717) is 0 Å². The van der Waals surface area contributed by atoms with E-state index < -0.39 is 270 Å². The van der Waals surface area contributed by atoms with Crippen molar-refractivity contribution in [1.82, 2.24) is 0 Å². The molecular formula is C104H100O39. The number of aliphatic hydroxyl groups excluding tert-OH is 2. The molecule has 6 saturated heterocycles. The minimum absolute atomic E-state index is 0.00683. The zero-order valence-corrected chi connectivity index (χ0v) is 77.4. The number of benzene rings is 9. The highest BCUT2D eigenvalue weighted by Gasteiger charge is 2.65. The molecule has 6 heterocycles. The highest BCUT2D eigenvalue weighted by Crippen LogP contribution is 2.45. The maximum absolute atomic E-state index is 15.3. The zero-order chi connectivity index (χ0) is 101. The number of rotatable bonds is 36. The van der Waals surface area contributed by atoms with Gasteiger partial charge in [-0.05, 0) is 123 Å². The van der Waals surface area contributed by atoms with Gasteiger partial charge >= 0.3 is 77.6 Å². The maximum atomic E-state index is 15.3. The average Bonchev–Trinajstić information content (AvgIpc) is 1.63. The second-order valence-corrected chi connectivity index (χ2v) is 33.7. The van der Waals surface area contributed by atoms with Crippen LogP contribution in [-0.4, -0.2) is 280 Å². The Balaban J connectivity index is 0.825. The molecule has 0 bridgehead atoms. The second kappa shape index (κ2) is 47.9. The van der Waals surface area contributed by atoms with Crippen molar-refractivity contribution in [3.8, 4) is 0 Å². The van der Waals surface area contributed by atoms with Crippen LogP contribution in [0.15, 0.2) is 273 Å². The molecule has 39 heteroatoms. The van der Waals surface area contributed by atoms with Gasteiger partial charge in [-0.25, -0.2) is 43.2 Å². The molecule has 15 rings (SSSR count). The van der Waals surface area contributed by atoms with E-state index in [2.05, 4.69) is 0 Å². The zero-order valence-electron chi connectivity index (χ0n) is 77.4. The van der Waals surface area contributed by atoms with Gasteiger partial charge in [0.25, 0.3) is 0 Å². The fourth-order valence-electron chi connectivity index (χ4n) is 16.6. The summed E-state index contributed by atoms with van der Waals surface area (Å²) in [5, 5.41) is 24.7. The van der Waals surface area contributed by atoms with Crippen LogP contribution < -0.4 is 0 Å². The molecule has 0 spiro atoms. The van der Waals surface area contributed by atoms with Crippen LogP contribution in [0.4, 0.5) is 0 Å². The van der Waals surface area contributed by atoms with Crippen molar-refractivity contribution in [1.29, 1.82) is 0 Å². The fraction of sp³-hybridized carbons (Fsp3) is 0.356. The predicted molar refractivity (Wildman–Crippen MR) is 483 cm³/mol. The van der Waals surface area contributed by atoms with Crippen LogP contribution in [0.3, 0.4) is 0 Å². The molecule has 0 amide bonds. The summed E-state index contributed by atoms with van der Waals surface area (Å²) in [6.07, 6.45) is -51.4. The Morgan fingerprint density at radius 1 is 0.287 bits per heavy atom. The molecule has 6 aliphatic rings. The Kier molecular flexibility index (Phi) is 34.5. The molecule has 25 atom stereocenters. The summed E-state index contributed by atoms with van der Waals surface area (Å²) < 4.78 is 154. The van der Waals surface area contributed by atoms with Crippen molar-refractivity contribution in [3.05, 3.63) is 323 Å². The van der Waals surface area contributed by atoms with Crippen LogP contribution in [-0.2, 0) is 133 Å². The quantitative estimate of drug-likeness (QED) is 0.0273. The van der Waals surface area contributed by atoms with E-state index in [1.165, 1.54) is 208 Å². The second-order valence-electron chi connectivity index (χ2n) is 33.7. The predicted octanol–water partition coefficient (Wildman–Crippen LogP) is 8.94. The van der Waals surface area contributed by atoms with Gasteiger partial charge in [-0.2, -0.15) is 0 Å². The van der Waals surface area contributed by atoms with Gasteiger partial charge in [0.2, 0.25) is 0 Å². The Morgan fingerprint density at radius 3 is 0.895 bits per heavy atom. The SMILES string of the molecule is CC(=O)OC[C@H]1O[C@@H](O[C@@H]2[C@H]3OC(C)(C)O[C@H]3O[C@@H]2[C@@H](CO[C@@H]2O[C@H](COC(=O)c3ccccc3)[C@@H](OC(=O)c3ccccc3)[C@H](OC(=O)c3ccccc3)[C@H]2OC(=O)c2ccccc2)OC(C)=O)[C@H](OC(C)=O)[C@@H](O[C@@H]2O[C@H](CO)[C@@H](O)[C@H](O[C@@H]3O[C@H](COC(=O)c4ccccc4)[C@@H](OC(=O)c4ccccc4)[C@H](OC(=O)c4ccccc4)[C@H]3OC(=O)c3ccccc3)[C@H]2OC(=O)c2ccccc2)[C@@H]1OC(C)=O. The van der Waals surface area contributed by atoms with Crippen LogP contribution in [0.5, 0.6) is 0 Å². The smallest absolute Gasteiger partial charge is 0.338 e. The lowest BCUT2D eigenvalue weighted by Crippen LogP contribution is -2.69. The summed E-state index contributed by atoms with van der Waals surface area (Å²) in [6.45, 7) is 1.96. The molecule has 9 aromatic carbocycles. The van der Waals surface area contributed by atoms with Crippen molar-refractivity contribution < 1.29 is 186 Å². The Bertz CT molecular complexity index is 5860. The monoisotopic (exact) mass is 1970 g/mol. The van der Waals surface area contributed by atoms with Gasteiger partial charge in [-0.1, -0.05) is 164 Å². The van der Waals surface area contributed by atoms with E-state index >= 15 is 9.59 Å². The van der Waals surface area contributed by atoms with Gasteiger partial charge < -0.3 is 124 Å². The number of ether oxygens (including phenoxy) is 24. The molecule has 0 saturated carbocycles. The molecule has 143 heavy (non-hydrogen) atoms. The van der Waals surface area contributed by atoms with Crippen molar-refractivity contribution in [2.24, 2.45) is 0 Å². The molecule has 0 radical (unpaired) electrons. The van der Waals surface area contributed by atoms with Crippen molar-refractivity contribution >= 4 is 77.6 Å². The molecule has 6 fully saturated rings. The van der Waals surface area contributed by atoms with Crippen molar-refractivity contribution in [2.75, 3.05) is 33.0 Å². The minimum atomic E-state index is -2.43. The average molecular weight is 1970 g/mol. The van der Waals surface area contributed by atoms with Gasteiger partial charge in [0.15, 0.2) is 98.3 Å². The Labute approximate surface area is 817 Å². The summed E-state index contributed by atoms with van der Waals surface area (Å²) in [6, 6.07) is 66.7. The summed E-state index contributed by atoms with van der Waals surface area (Å²) in [7, 11) is 0. The van der Waals surface area contributed by atoms with E-state index in [-0.39, 0.29) is 50.1 Å². The first-order valence-electron chi connectivity index (χ1n) is 45.4. The maximum Gasteiger partial charge on any atom is 0.338 e. The van der Waals surface area contributed by atoms with Crippen molar-refractivity contribution in [3.63, 3.8) is 0 Å². The summed E-state index contributed by atoms with van der Waals surface area (Å²) in [5.74, 6) is -15.7. The largest absolute Gasteiger partial charge is 0.463 e. The number of carbonyl (C=O) groups excluding carboxylic acids is 13. The first kappa shape index (κ1) is 103. The van der Waals surface area contributed by atoms with E-state index in [0.717, 1.165) is 27.7 Å². The molecule has 0 unspecified atom stereocenters. The highest BCUT2D eigenvalue weighted by atomic mass is 16.9. The van der Waals surface area contributed by atoms with E-state index in [1.807, 2.05) is 0 Å². The standard InChI is InChI=1S/C104H100O39/c1-57(106)120-53-72-76(125-59(3)108)83(140-100-85(135-96(117)67-46-28-13-29-47-67)80(75(110)70(52-105)127-100)139-102-88(137-98(119)69-50-32-15-33-51-69)82(134-95(116)66-44-26-12-27-45-66)78(132-93(114)64-40-22-10-23-41-64)74(130-102)55-122-91(112)62-36-18-8-19-37-62)87(126-60(4)109)101(129-72)141-84-79(138-103-89(84)142-104(5,6)143-103)71(124-58(2)107)56-123-99-86(136-97(118)68-48-30-14-31-49-68)81(133-94(115)65-42-24-11-25-43-65)77(131-92(113)63-38-20-9-21-39-63)73(128-99)54-121-90(111)61-34-16-7-17-35-61/h7-51,70-89,99-103,105,110H,52-56H2,1-6H3/t70-,71-,72-,73-,74-,75-,76-,77-,78-,79-,80+,81+,82+,83+,84+,85-,86-,87-,88-,89-,99-,100+,101+,102+,103-/m1/s1. The van der Waals surface area contributed by atoms with Crippen LogP contribution >= 0.6 is 0 Å². The summed E-state index contributed by atoms with van der Waals surface area (Å²) in [5.41, 5.74) is -0.661. The lowest BCUT2D eigenvalue weighted by atomic mass is 9.95. The van der Waals surface area contributed by atoms with Gasteiger partial charge in [-0.15, -0.1) is 0 Å². The molecule has 9 aromatic rings. The molecule has 0 aromatic heterocycles. The third-order valence-electron chi connectivity index (χ3n) is 23.2. The third kappa shape index (κ3) is 26.1. The van der Waals surface area contributed by atoms with E-state index in [1.54, 1.807) is 78.9 Å². The molecule has 6 aliphatic heterocycles. The number of aliphatic hydroxyl groups is 2. The minimum Gasteiger partial charge on any atom is -0.463 e. The number of esters is 13.